The molecule has 1 aromatic heterocycles. The predicted octanol–water partition coefficient (Wildman–Crippen LogP) is 4.44. The SMILES string of the molecule is C[C@@H](NC(=O)c1ccc(Cl)o1)c1ccc(C(F)(F)F)cc1. The largest absolute Gasteiger partial charge is 0.440 e. The van der Waals surface area contributed by atoms with Crippen LogP contribution in [-0.4, -0.2) is 5.91 Å². The number of carbonyl (C=O) groups excluding carboxylic acids is 1. The molecule has 0 spiro atoms. The molecule has 0 aliphatic heterocycles. The van der Waals surface area contributed by atoms with Gasteiger partial charge >= 0.3 is 6.18 Å². The maximum atomic E-state index is 12.5. The molecule has 2 rings (SSSR count). The normalized spacial score (nSPS) is 13.0. The number of carbonyl (C=O) groups is 1. The topological polar surface area (TPSA) is 42.2 Å². The number of benzene rings is 1. The van der Waals surface area contributed by atoms with Crippen LogP contribution >= 0.6 is 11.6 Å². The molecule has 3 nitrogen and oxygen atoms in total. The van der Waals surface area contributed by atoms with Gasteiger partial charge in [0.1, 0.15) is 0 Å². The van der Waals surface area contributed by atoms with Crippen molar-refractivity contribution in [3.63, 3.8) is 0 Å². The fraction of sp³-hybridized carbons (Fsp3) is 0.214. The van der Waals surface area contributed by atoms with E-state index >= 15 is 0 Å². The highest BCUT2D eigenvalue weighted by Gasteiger charge is 2.30. The van der Waals surface area contributed by atoms with E-state index in [1.165, 1.54) is 24.3 Å². The molecule has 1 N–H and O–H groups in total. The molecule has 21 heavy (non-hydrogen) atoms. The van der Waals surface area contributed by atoms with Gasteiger partial charge in [0.15, 0.2) is 11.0 Å². The van der Waals surface area contributed by atoms with Crippen molar-refractivity contribution in [3.05, 3.63) is 58.5 Å². The van der Waals surface area contributed by atoms with Gasteiger partial charge in [-0.15, -0.1) is 0 Å². The summed E-state index contributed by atoms with van der Waals surface area (Å²) in [6, 6.07) is 6.97. The van der Waals surface area contributed by atoms with E-state index in [4.69, 9.17) is 16.0 Å². The van der Waals surface area contributed by atoms with Crippen LogP contribution in [0.4, 0.5) is 13.2 Å². The average molecular weight is 318 g/mol. The van der Waals surface area contributed by atoms with E-state index < -0.39 is 23.7 Å². The summed E-state index contributed by atoms with van der Waals surface area (Å²) in [6.45, 7) is 1.66. The quantitative estimate of drug-likeness (QED) is 0.909. The summed E-state index contributed by atoms with van der Waals surface area (Å²) in [7, 11) is 0. The third-order valence-corrected chi connectivity index (χ3v) is 3.09. The number of alkyl halides is 3. The summed E-state index contributed by atoms with van der Waals surface area (Å²) in [5.74, 6) is -0.451. The van der Waals surface area contributed by atoms with Crippen molar-refractivity contribution < 1.29 is 22.4 Å². The number of halogens is 4. The second-order valence-electron chi connectivity index (χ2n) is 4.42. The first-order valence-corrected chi connectivity index (χ1v) is 6.38. The molecule has 0 aliphatic carbocycles. The van der Waals surface area contributed by atoms with Crippen molar-refractivity contribution in [1.29, 1.82) is 0 Å². The van der Waals surface area contributed by atoms with Crippen molar-refractivity contribution in [3.8, 4) is 0 Å². The number of furan rings is 1. The van der Waals surface area contributed by atoms with Gasteiger partial charge in [0.05, 0.1) is 11.6 Å². The molecule has 0 radical (unpaired) electrons. The highest BCUT2D eigenvalue weighted by atomic mass is 35.5. The fourth-order valence-electron chi connectivity index (χ4n) is 1.75. The van der Waals surface area contributed by atoms with E-state index in [9.17, 15) is 18.0 Å². The van der Waals surface area contributed by atoms with Crippen molar-refractivity contribution >= 4 is 17.5 Å². The van der Waals surface area contributed by atoms with Crippen molar-refractivity contribution in [2.45, 2.75) is 19.1 Å². The minimum Gasteiger partial charge on any atom is -0.440 e. The molecule has 0 aliphatic rings. The van der Waals surface area contributed by atoms with Gasteiger partial charge in [-0.1, -0.05) is 12.1 Å². The van der Waals surface area contributed by atoms with Crippen LogP contribution in [0.1, 0.15) is 34.6 Å². The zero-order valence-electron chi connectivity index (χ0n) is 10.9. The lowest BCUT2D eigenvalue weighted by Gasteiger charge is -2.14. The van der Waals surface area contributed by atoms with Gasteiger partial charge in [0.2, 0.25) is 0 Å². The number of amides is 1. The monoisotopic (exact) mass is 317 g/mol. The molecule has 1 heterocycles. The van der Waals surface area contributed by atoms with E-state index in [1.807, 2.05) is 0 Å². The fourth-order valence-corrected chi connectivity index (χ4v) is 1.89. The molecule has 112 valence electrons. The molecular weight excluding hydrogens is 307 g/mol. The smallest absolute Gasteiger partial charge is 0.416 e. The zero-order chi connectivity index (χ0) is 15.6. The van der Waals surface area contributed by atoms with Crippen molar-refractivity contribution in [2.24, 2.45) is 0 Å². The molecule has 0 saturated heterocycles. The predicted molar refractivity (Wildman–Crippen MR) is 71.0 cm³/mol. The standard InChI is InChI=1S/C14H11ClF3NO2/c1-8(19-13(20)11-6-7-12(15)21-11)9-2-4-10(5-3-9)14(16,17)18/h2-8H,1H3,(H,19,20)/t8-/m1/s1. The van der Waals surface area contributed by atoms with Gasteiger partial charge in [-0.2, -0.15) is 13.2 Å². The Labute approximate surface area is 123 Å². The van der Waals surface area contributed by atoms with Crippen LogP contribution in [0.5, 0.6) is 0 Å². The Kier molecular flexibility index (Phi) is 4.27. The first-order chi connectivity index (χ1) is 9.77. The summed E-state index contributed by atoms with van der Waals surface area (Å²) in [5, 5.41) is 2.70. The Morgan fingerprint density at radius 3 is 2.29 bits per heavy atom. The van der Waals surface area contributed by atoms with Gasteiger partial charge in [-0.25, -0.2) is 0 Å². The van der Waals surface area contributed by atoms with Crippen LogP contribution in [0.2, 0.25) is 5.22 Å². The molecule has 0 bridgehead atoms. The lowest BCUT2D eigenvalue weighted by Crippen LogP contribution is -2.26. The highest BCUT2D eigenvalue weighted by molar-refractivity contribution is 6.29. The Balaban J connectivity index is 2.06. The lowest BCUT2D eigenvalue weighted by atomic mass is 10.1. The van der Waals surface area contributed by atoms with Crippen LogP contribution in [-0.2, 0) is 6.18 Å². The summed E-state index contributed by atoms with van der Waals surface area (Å²) < 4.78 is 42.3. The zero-order valence-corrected chi connectivity index (χ0v) is 11.6. The van der Waals surface area contributed by atoms with Crippen molar-refractivity contribution in [1.82, 2.24) is 5.32 Å². The van der Waals surface area contributed by atoms with Crippen LogP contribution < -0.4 is 5.32 Å². The number of rotatable bonds is 3. The Hall–Kier alpha value is -1.95. The maximum Gasteiger partial charge on any atom is 0.416 e. The first-order valence-electron chi connectivity index (χ1n) is 6.01. The Bertz CT molecular complexity index is 634. The third-order valence-electron chi connectivity index (χ3n) is 2.88. The van der Waals surface area contributed by atoms with Crippen LogP contribution in [0.25, 0.3) is 0 Å². The van der Waals surface area contributed by atoms with Gasteiger partial charge in [0, 0.05) is 0 Å². The summed E-state index contributed by atoms with van der Waals surface area (Å²) in [4.78, 5) is 11.8. The van der Waals surface area contributed by atoms with Crippen molar-refractivity contribution in [2.75, 3.05) is 0 Å². The van der Waals surface area contributed by atoms with Gasteiger partial charge < -0.3 is 9.73 Å². The molecule has 0 unspecified atom stereocenters. The van der Waals surface area contributed by atoms with Crippen LogP contribution in [0.3, 0.4) is 0 Å². The van der Waals surface area contributed by atoms with E-state index in [0.29, 0.717) is 5.56 Å². The van der Waals surface area contributed by atoms with E-state index in [0.717, 1.165) is 12.1 Å². The third kappa shape index (κ3) is 3.78. The van der Waals surface area contributed by atoms with E-state index in [-0.39, 0.29) is 11.0 Å². The van der Waals surface area contributed by atoms with Gasteiger partial charge in [-0.3, -0.25) is 4.79 Å². The summed E-state index contributed by atoms with van der Waals surface area (Å²) in [5.41, 5.74) is -0.184. The summed E-state index contributed by atoms with van der Waals surface area (Å²) in [6.07, 6.45) is -4.38. The minimum absolute atomic E-state index is 0.0405. The van der Waals surface area contributed by atoms with Crippen LogP contribution in [0.15, 0.2) is 40.8 Å². The molecule has 2 aromatic rings. The molecule has 1 atom stereocenters. The first kappa shape index (κ1) is 15.4. The minimum atomic E-state index is -4.38. The maximum absolute atomic E-state index is 12.5. The average Bonchev–Trinajstić information content (AvgIpc) is 2.84. The molecule has 0 fully saturated rings. The number of hydrogen-bond acceptors (Lipinski definition) is 2. The number of hydrogen-bond donors (Lipinski definition) is 1. The second-order valence-corrected chi connectivity index (χ2v) is 4.79. The molecule has 1 aromatic carbocycles. The van der Waals surface area contributed by atoms with Gasteiger partial charge in [0.25, 0.3) is 5.91 Å². The molecule has 1 amide bonds. The van der Waals surface area contributed by atoms with E-state index in [1.54, 1.807) is 6.92 Å². The second kappa shape index (κ2) is 5.81. The number of nitrogens with one attached hydrogen (secondary N) is 1. The lowest BCUT2D eigenvalue weighted by molar-refractivity contribution is -0.137. The highest BCUT2D eigenvalue weighted by Crippen LogP contribution is 2.29. The van der Waals surface area contributed by atoms with Crippen LogP contribution in [0, 0.1) is 0 Å². The Morgan fingerprint density at radius 1 is 1.19 bits per heavy atom. The molecule has 0 saturated carbocycles. The molecule has 7 heteroatoms. The Morgan fingerprint density at radius 2 is 1.81 bits per heavy atom. The van der Waals surface area contributed by atoms with E-state index in [2.05, 4.69) is 5.32 Å². The summed E-state index contributed by atoms with van der Waals surface area (Å²) >= 11 is 5.56. The van der Waals surface area contributed by atoms with Gasteiger partial charge in [-0.05, 0) is 48.4 Å². The molecular formula is C14H11ClF3NO2.